The highest BCUT2D eigenvalue weighted by Gasteiger charge is 2.28. The van der Waals surface area contributed by atoms with E-state index in [1.807, 2.05) is 0 Å². The Morgan fingerprint density at radius 2 is 1.92 bits per heavy atom. The summed E-state index contributed by atoms with van der Waals surface area (Å²) < 4.78 is 30.9. The molecule has 0 atom stereocenters. The summed E-state index contributed by atoms with van der Waals surface area (Å²) in [4.78, 5) is 61.9. The van der Waals surface area contributed by atoms with Crippen molar-refractivity contribution in [1.82, 2.24) is 28.7 Å². The molecule has 0 saturated heterocycles. The van der Waals surface area contributed by atoms with Crippen LogP contribution in [0.5, 0.6) is 0 Å². The predicted molar refractivity (Wildman–Crippen MR) is 128 cm³/mol. The van der Waals surface area contributed by atoms with E-state index in [1.54, 1.807) is 5.38 Å². The summed E-state index contributed by atoms with van der Waals surface area (Å²) in [6.45, 7) is 2.82. The topological polar surface area (TPSA) is 134 Å². The van der Waals surface area contributed by atoms with Crippen molar-refractivity contribution in [2.24, 2.45) is 7.05 Å². The molecule has 0 aromatic carbocycles. The van der Waals surface area contributed by atoms with Crippen molar-refractivity contribution in [3.05, 3.63) is 56.1 Å². The highest BCUT2D eigenvalue weighted by molar-refractivity contribution is 7.13. The maximum atomic E-state index is 13.9. The summed E-state index contributed by atoms with van der Waals surface area (Å²) in [5, 5.41) is 4.53. The summed E-state index contributed by atoms with van der Waals surface area (Å²) in [6.07, 6.45) is 2.68. The van der Waals surface area contributed by atoms with Gasteiger partial charge in [0.05, 0.1) is 12.9 Å². The van der Waals surface area contributed by atoms with Gasteiger partial charge in [-0.05, 0) is 19.9 Å². The number of Topliss-reactive ketones (excluding diaryl/α,β-unsaturated/α-hetero) is 1. The smallest absolute Gasteiger partial charge is 0.315 e. The Morgan fingerprint density at radius 3 is 2.58 bits per heavy atom. The van der Waals surface area contributed by atoms with Crippen LogP contribution in [-0.4, -0.2) is 40.3 Å². The van der Waals surface area contributed by atoms with E-state index >= 15 is 0 Å². The first-order valence-corrected chi connectivity index (χ1v) is 11.5. The summed E-state index contributed by atoms with van der Waals surface area (Å²) >= 11 is 1.14. The van der Waals surface area contributed by atoms with Gasteiger partial charge in [0.1, 0.15) is 23.2 Å². The third kappa shape index (κ3) is 4.71. The van der Waals surface area contributed by atoms with Gasteiger partial charge >= 0.3 is 5.69 Å². The molecular formula is C22H21F2N7O4S. The molecule has 36 heavy (non-hydrogen) atoms. The largest absolute Gasteiger partial charge is 0.332 e. The minimum absolute atomic E-state index is 0.00813. The Bertz CT molecular complexity index is 1630. The number of carbonyl (C=O) groups excluding carboxylic acids is 2. The fraction of sp³-hybridized carbons (Fsp3) is 0.318. The Labute approximate surface area is 206 Å². The van der Waals surface area contributed by atoms with Crippen LogP contribution in [0.15, 0.2) is 33.6 Å². The number of anilines is 1. The lowest BCUT2D eigenvalue weighted by Crippen LogP contribution is -2.41. The number of hydrogen-bond acceptors (Lipinski definition) is 8. The first-order chi connectivity index (χ1) is 16.9. The second-order valence-electron chi connectivity index (χ2n) is 8.31. The van der Waals surface area contributed by atoms with Crippen LogP contribution < -0.4 is 16.6 Å². The molecule has 0 aliphatic carbocycles. The number of hydrogen-bond donors (Lipinski definition) is 1. The molecule has 0 saturated carbocycles. The van der Waals surface area contributed by atoms with Crippen LogP contribution in [0.3, 0.4) is 0 Å². The second-order valence-corrected chi connectivity index (χ2v) is 9.17. The average molecular weight is 518 g/mol. The van der Waals surface area contributed by atoms with Crippen LogP contribution in [0, 0.1) is 6.92 Å². The number of nitrogens with one attached hydrogen (secondary N) is 1. The molecule has 0 spiro atoms. The number of fused-ring (bicyclic) bond motifs is 1. The summed E-state index contributed by atoms with van der Waals surface area (Å²) in [7, 11) is 1.41. The number of ketones is 1. The lowest BCUT2D eigenvalue weighted by Gasteiger charge is -2.13. The SMILES string of the molecule is CC(=O)Cn1c(=O)c2c(ncn2CC(=O)Nc2csc(-c3cnc(C)c(C(C)(F)F)c3)n2)n(C)c1=O. The molecule has 14 heteroatoms. The second kappa shape index (κ2) is 9.18. The molecule has 0 aliphatic rings. The van der Waals surface area contributed by atoms with E-state index in [2.05, 4.69) is 20.3 Å². The number of carbonyl (C=O) groups is 2. The zero-order valence-corrected chi connectivity index (χ0v) is 20.5. The van der Waals surface area contributed by atoms with E-state index in [0.29, 0.717) is 10.6 Å². The Kier molecular flexibility index (Phi) is 6.39. The van der Waals surface area contributed by atoms with Gasteiger partial charge in [-0.3, -0.25) is 28.5 Å². The predicted octanol–water partition coefficient (Wildman–Crippen LogP) is 2.06. The number of pyridine rings is 1. The van der Waals surface area contributed by atoms with Crippen LogP contribution in [0.2, 0.25) is 0 Å². The van der Waals surface area contributed by atoms with Gasteiger partial charge in [0.25, 0.3) is 11.5 Å². The highest BCUT2D eigenvalue weighted by Crippen LogP contribution is 2.33. The number of amides is 1. The molecule has 0 bridgehead atoms. The minimum Gasteiger partial charge on any atom is -0.315 e. The van der Waals surface area contributed by atoms with E-state index in [4.69, 9.17) is 0 Å². The Morgan fingerprint density at radius 1 is 1.19 bits per heavy atom. The number of aryl methyl sites for hydroxylation is 2. The van der Waals surface area contributed by atoms with Crippen LogP contribution in [0.4, 0.5) is 14.6 Å². The molecule has 11 nitrogen and oxygen atoms in total. The standard InChI is InChI=1S/C22H21F2N7O4S/c1-11(32)7-31-20(34)17-18(29(4)21(31)35)26-10-30(17)8-16(33)27-15-9-36-19(28-15)13-5-14(22(3,23)24)12(2)25-6-13/h5-6,9-10H,7-8H2,1-4H3,(H,27,33). The van der Waals surface area contributed by atoms with Gasteiger partial charge in [-0.2, -0.15) is 0 Å². The number of nitrogens with zero attached hydrogens (tertiary/aromatic N) is 6. The molecule has 4 heterocycles. The van der Waals surface area contributed by atoms with Crippen molar-refractivity contribution in [1.29, 1.82) is 0 Å². The van der Waals surface area contributed by atoms with E-state index in [9.17, 15) is 28.0 Å². The number of thiazole rings is 1. The molecule has 4 aromatic rings. The van der Waals surface area contributed by atoms with Crippen LogP contribution >= 0.6 is 11.3 Å². The quantitative estimate of drug-likeness (QED) is 0.397. The molecule has 0 radical (unpaired) electrons. The fourth-order valence-electron chi connectivity index (χ4n) is 3.70. The van der Waals surface area contributed by atoms with Crippen molar-refractivity contribution >= 4 is 40.0 Å². The van der Waals surface area contributed by atoms with Gasteiger partial charge < -0.3 is 9.88 Å². The third-order valence-corrected chi connectivity index (χ3v) is 6.27. The zero-order valence-electron chi connectivity index (χ0n) is 19.7. The third-order valence-electron chi connectivity index (χ3n) is 5.37. The van der Waals surface area contributed by atoms with Gasteiger partial charge in [-0.15, -0.1) is 11.3 Å². The summed E-state index contributed by atoms with van der Waals surface area (Å²) in [5.74, 6) is -3.80. The van der Waals surface area contributed by atoms with E-state index in [-0.39, 0.29) is 40.6 Å². The molecule has 1 N–H and O–H groups in total. The van der Waals surface area contributed by atoms with E-state index in [1.165, 1.54) is 44.1 Å². The van der Waals surface area contributed by atoms with Gasteiger partial charge in [-0.1, -0.05) is 0 Å². The summed E-state index contributed by atoms with van der Waals surface area (Å²) in [6, 6.07) is 1.32. The monoisotopic (exact) mass is 517 g/mol. The van der Waals surface area contributed by atoms with Crippen LogP contribution in [0.25, 0.3) is 21.7 Å². The number of halogens is 2. The molecule has 0 aliphatic heterocycles. The summed E-state index contributed by atoms with van der Waals surface area (Å²) in [5.41, 5.74) is -0.978. The maximum Gasteiger partial charge on any atom is 0.332 e. The van der Waals surface area contributed by atoms with Crippen molar-refractivity contribution < 1.29 is 18.4 Å². The van der Waals surface area contributed by atoms with Crippen molar-refractivity contribution in [3.63, 3.8) is 0 Å². The molecule has 4 aromatic heterocycles. The normalized spacial score (nSPS) is 11.7. The number of rotatable bonds is 7. The zero-order chi connectivity index (χ0) is 26.4. The Balaban J connectivity index is 1.58. The molecular weight excluding hydrogens is 496 g/mol. The first-order valence-electron chi connectivity index (χ1n) is 10.6. The molecule has 4 rings (SSSR count). The minimum atomic E-state index is -3.07. The van der Waals surface area contributed by atoms with Crippen LogP contribution in [-0.2, 0) is 35.6 Å². The van der Waals surface area contributed by atoms with E-state index < -0.39 is 29.6 Å². The van der Waals surface area contributed by atoms with Gasteiger partial charge in [-0.25, -0.2) is 23.5 Å². The highest BCUT2D eigenvalue weighted by atomic mass is 32.1. The Hall–Kier alpha value is -4.07. The average Bonchev–Trinajstić information content (AvgIpc) is 3.42. The van der Waals surface area contributed by atoms with E-state index in [0.717, 1.165) is 27.4 Å². The number of aromatic nitrogens is 6. The fourth-order valence-corrected chi connectivity index (χ4v) is 4.43. The maximum absolute atomic E-state index is 13.9. The number of imidazole rings is 1. The van der Waals surface area contributed by atoms with Crippen molar-refractivity contribution in [2.75, 3.05) is 5.32 Å². The molecule has 1 amide bonds. The number of alkyl halides is 2. The van der Waals surface area contributed by atoms with Crippen LogP contribution in [0.1, 0.15) is 25.1 Å². The first kappa shape index (κ1) is 25.0. The molecule has 0 fully saturated rings. The van der Waals surface area contributed by atoms with Gasteiger partial charge in [0.2, 0.25) is 5.91 Å². The van der Waals surface area contributed by atoms with Gasteiger partial charge in [0, 0.05) is 42.4 Å². The lowest BCUT2D eigenvalue weighted by molar-refractivity contribution is -0.118. The van der Waals surface area contributed by atoms with Gasteiger partial charge in [0.15, 0.2) is 11.2 Å². The van der Waals surface area contributed by atoms with Crippen molar-refractivity contribution in [3.8, 4) is 10.6 Å². The molecule has 0 unspecified atom stereocenters. The lowest BCUT2D eigenvalue weighted by atomic mass is 10.1. The van der Waals surface area contributed by atoms with Crippen molar-refractivity contribution in [2.45, 2.75) is 39.8 Å². The molecule has 188 valence electrons.